The van der Waals surface area contributed by atoms with E-state index in [1.54, 1.807) is 18.3 Å². The minimum absolute atomic E-state index is 0.209. The van der Waals surface area contributed by atoms with E-state index >= 15 is 0 Å². The van der Waals surface area contributed by atoms with Gasteiger partial charge >= 0.3 is 5.97 Å². The smallest absolute Gasteiger partial charge is 0.307 e. The molecule has 0 aromatic carbocycles. The fourth-order valence-electron chi connectivity index (χ4n) is 1.44. The van der Waals surface area contributed by atoms with Crippen LogP contribution < -0.4 is 5.32 Å². The van der Waals surface area contributed by atoms with E-state index in [0.717, 1.165) is 4.88 Å². The first-order valence-corrected chi connectivity index (χ1v) is 6.90. The zero-order valence-corrected chi connectivity index (χ0v) is 11.4. The van der Waals surface area contributed by atoms with Crippen molar-refractivity contribution in [1.82, 2.24) is 15.5 Å². The minimum Gasteiger partial charge on any atom is -0.466 e. The zero-order valence-electron chi connectivity index (χ0n) is 10.6. The van der Waals surface area contributed by atoms with Gasteiger partial charge in [0.1, 0.15) is 0 Å². The molecule has 0 radical (unpaired) electrons. The van der Waals surface area contributed by atoms with Gasteiger partial charge in [-0.2, -0.15) is 0 Å². The number of hydrogen-bond donors (Lipinski definition) is 1. The number of rotatable bonds is 7. The van der Waals surface area contributed by atoms with Crippen molar-refractivity contribution in [3.05, 3.63) is 23.4 Å². The van der Waals surface area contributed by atoms with Crippen LogP contribution in [0.25, 0.3) is 10.8 Å². The molecule has 0 aliphatic rings. The molecule has 2 aromatic rings. The van der Waals surface area contributed by atoms with Crippen molar-refractivity contribution < 1.29 is 13.9 Å². The lowest BCUT2D eigenvalue weighted by atomic mass is 10.4. The fraction of sp³-hybridized carbons (Fsp3) is 0.417. The highest BCUT2D eigenvalue weighted by molar-refractivity contribution is 7.13. The highest BCUT2D eigenvalue weighted by Crippen LogP contribution is 2.22. The van der Waals surface area contributed by atoms with Crippen LogP contribution in [0.4, 0.5) is 0 Å². The Morgan fingerprint density at radius 3 is 3.16 bits per heavy atom. The van der Waals surface area contributed by atoms with Crippen molar-refractivity contribution in [3.8, 4) is 10.8 Å². The normalized spacial score (nSPS) is 10.6. The Balaban J connectivity index is 1.74. The summed E-state index contributed by atoms with van der Waals surface area (Å²) in [6, 6.07) is 3.86. The van der Waals surface area contributed by atoms with Gasteiger partial charge in [0, 0.05) is 6.54 Å². The molecule has 0 saturated heterocycles. The third-order valence-corrected chi connectivity index (χ3v) is 3.14. The Bertz CT molecular complexity index is 510. The molecule has 19 heavy (non-hydrogen) atoms. The molecule has 0 aliphatic carbocycles. The number of nitrogens with zero attached hydrogens (tertiary/aromatic N) is 2. The first-order chi connectivity index (χ1) is 9.29. The maximum absolute atomic E-state index is 11.1. The summed E-state index contributed by atoms with van der Waals surface area (Å²) in [6.45, 7) is 3.16. The van der Waals surface area contributed by atoms with E-state index in [1.165, 1.54) is 0 Å². The van der Waals surface area contributed by atoms with Crippen LogP contribution in [0.3, 0.4) is 0 Å². The average molecular weight is 281 g/mol. The van der Waals surface area contributed by atoms with Gasteiger partial charge < -0.3 is 14.5 Å². The number of esters is 1. The molecular formula is C12H15N3O3S. The van der Waals surface area contributed by atoms with Crippen molar-refractivity contribution >= 4 is 17.3 Å². The number of hydrogen-bond acceptors (Lipinski definition) is 7. The summed E-state index contributed by atoms with van der Waals surface area (Å²) in [5.41, 5.74) is 0. The molecular weight excluding hydrogens is 266 g/mol. The first-order valence-electron chi connectivity index (χ1n) is 6.02. The first kappa shape index (κ1) is 13.7. The number of carbonyl (C=O) groups excluding carboxylic acids is 1. The number of aromatic nitrogens is 2. The van der Waals surface area contributed by atoms with Gasteiger partial charge in [-0.05, 0) is 18.4 Å². The Hall–Kier alpha value is -1.73. The molecule has 0 atom stereocenters. The summed E-state index contributed by atoms with van der Waals surface area (Å²) in [4.78, 5) is 12.1. The summed E-state index contributed by atoms with van der Waals surface area (Å²) >= 11 is 1.55. The second kappa shape index (κ2) is 7.01. The zero-order chi connectivity index (χ0) is 13.5. The second-order valence-electron chi connectivity index (χ2n) is 3.71. The van der Waals surface area contributed by atoms with E-state index in [1.807, 2.05) is 17.5 Å². The lowest BCUT2D eigenvalue weighted by Crippen LogP contribution is -2.19. The maximum Gasteiger partial charge on any atom is 0.307 e. The van der Waals surface area contributed by atoms with Gasteiger partial charge in [0.15, 0.2) is 0 Å². The lowest BCUT2D eigenvalue weighted by Gasteiger charge is -2.01. The van der Waals surface area contributed by atoms with E-state index in [0.29, 0.717) is 37.9 Å². The molecule has 0 aliphatic heterocycles. The Morgan fingerprint density at radius 1 is 1.53 bits per heavy atom. The van der Waals surface area contributed by atoms with Crippen LogP contribution in [-0.2, 0) is 16.1 Å². The molecule has 0 spiro atoms. The summed E-state index contributed by atoms with van der Waals surface area (Å²) < 4.78 is 10.3. The Labute approximate surface area is 114 Å². The highest BCUT2D eigenvalue weighted by Gasteiger charge is 2.09. The molecule has 0 saturated carbocycles. The number of carbonyl (C=O) groups is 1. The molecule has 102 valence electrons. The highest BCUT2D eigenvalue weighted by atomic mass is 32.1. The lowest BCUT2D eigenvalue weighted by molar-refractivity contribution is -0.142. The van der Waals surface area contributed by atoms with Gasteiger partial charge in [0.05, 0.1) is 24.4 Å². The molecule has 2 heterocycles. The molecule has 6 nitrogen and oxygen atoms in total. The maximum atomic E-state index is 11.1. The monoisotopic (exact) mass is 281 g/mol. The molecule has 0 bridgehead atoms. The van der Waals surface area contributed by atoms with Crippen molar-refractivity contribution in [1.29, 1.82) is 0 Å². The third-order valence-electron chi connectivity index (χ3n) is 2.29. The Kier molecular flexibility index (Phi) is 5.05. The minimum atomic E-state index is -0.209. The predicted molar refractivity (Wildman–Crippen MR) is 70.6 cm³/mol. The standard InChI is InChI=1S/C12H15N3O3S/c1-2-17-11(16)5-6-13-8-10-14-15-12(18-10)9-4-3-7-19-9/h3-4,7,13H,2,5-6,8H2,1H3. The quantitative estimate of drug-likeness (QED) is 0.616. The van der Waals surface area contributed by atoms with Crippen LogP contribution >= 0.6 is 11.3 Å². The van der Waals surface area contributed by atoms with Crippen molar-refractivity contribution in [2.45, 2.75) is 19.9 Å². The van der Waals surface area contributed by atoms with E-state index in [-0.39, 0.29) is 5.97 Å². The van der Waals surface area contributed by atoms with Gasteiger partial charge in [-0.1, -0.05) is 6.07 Å². The van der Waals surface area contributed by atoms with Gasteiger partial charge in [-0.15, -0.1) is 21.5 Å². The number of nitrogens with one attached hydrogen (secondary N) is 1. The number of thiophene rings is 1. The third kappa shape index (κ3) is 4.15. The van der Waals surface area contributed by atoms with Crippen molar-refractivity contribution in [2.75, 3.05) is 13.2 Å². The summed E-state index contributed by atoms with van der Waals surface area (Å²) in [7, 11) is 0. The van der Waals surface area contributed by atoms with Crippen LogP contribution in [-0.4, -0.2) is 29.3 Å². The number of ether oxygens (including phenoxy) is 1. The Morgan fingerprint density at radius 2 is 2.42 bits per heavy atom. The van der Waals surface area contributed by atoms with E-state index in [4.69, 9.17) is 9.15 Å². The largest absolute Gasteiger partial charge is 0.466 e. The topological polar surface area (TPSA) is 77.2 Å². The van der Waals surface area contributed by atoms with Gasteiger partial charge in [0.25, 0.3) is 5.89 Å². The molecule has 2 rings (SSSR count). The fourth-order valence-corrected chi connectivity index (χ4v) is 2.09. The van der Waals surface area contributed by atoms with Crippen LogP contribution in [0.15, 0.2) is 21.9 Å². The van der Waals surface area contributed by atoms with Gasteiger partial charge in [-0.3, -0.25) is 4.79 Å². The molecule has 1 N–H and O–H groups in total. The molecule has 7 heteroatoms. The summed E-state index contributed by atoms with van der Waals surface area (Å²) in [5.74, 6) is 0.823. The predicted octanol–water partition coefficient (Wildman–Crippen LogP) is 1.84. The average Bonchev–Trinajstić information content (AvgIpc) is 3.05. The molecule has 0 fully saturated rings. The van der Waals surface area contributed by atoms with E-state index < -0.39 is 0 Å². The molecule has 0 unspecified atom stereocenters. The summed E-state index contributed by atoms with van der Waals surface area (Å²) in [6.07, 6.45) is 0.333. The van der Waals surface area contributed by atoms with Crippen LogP contribution in [0.5, 0.6) is 0 Å². The van der Waals surface area contributed by atoms with Crippen LogP contribution in [0.1, 0.15) is 19.2 Å². The summed E-state index contributed by atoms with van der Waals surface area (Å²) in [5, 5.41) is 12.9. The van der Waals surface area contributed by atoms with Crippen molar-refractivity contribution in [2.24, 2.45) is 0 Å². The van der Waals surface area contributed by atoms with Gasteiger partial charge in [0.2, 0.25) is 5.89 Å². The second-order valence-corrected chi connectivity index (χ2v) is 4.66. The molecule has 2 aromatic heterocycles. The van der Waals surface area contributed by atoms with Crippen LogP contribution in [0.2, 0.25) is 0 Å². The molecule has 0 amide bonds. The van der Waals surface area contributed by atoms with Crippen molar-refractivity contribution in [3.63, 3.8) is 0 Å². The SMILES string of the molecule is CCOC(=O)CCNCc1nnc(-c2cccs2)o1. The van der Waals surface area contributed by atoms with E-state index in [2.05, 4.69) is 15.5 Å². The van der Waals surface area contributed by atoms with E-state index in [9.17, 15) is 4.79 Å². The van der Waals surface area contributed by atoms with Gasteiger partial charge in [-0.25, -0.2) is 0 Å². The van der Waals surface area contributed by atoms with Crippen LogP contribution in [0, 0.1) is 0 Å².